The highest BCUT2D eigenvalue weighted by molar-refractivity contribution is 6.31. The highest BCUT2D eigenvalue weighted by Crippen LogP contribution is 2.35. The third-order valence-electron chi connectivity index (χ3n) is 8.10. The van der Waals surface area contributed by atoms with E-state index in [0.717, 1.165) is 45.4 Å². The van der Waals surface area contributed by atoms with E-state index in [9.17, 15) is 9.18 Å². The molecule has 2 aliphatic heterocycles. The maximum Gasteiger partial charge on any atom is 0.248 e. The maximum absolute atomic E-state index is 13.7. The van der Waals surface area contributed by atoms with Gasteiger partial charge in [0.05, 0.1) is 36.0 Å². The number of ether oxygens (including phenoxy) is 2. The van der Waals surface area contributed by atoms with Crippen molar-refractivity contribution in [3.63, 3.8) is 0 Å². The summed E-state index contributed by atoms with van der Waals surface area (Å²) in [7, 11) is 0. The van der Waals surface area contributed by atoms with Crippen LogP contribution in [0.15, 0.2) is 48.8 Å². The summed E-state index contributed by atoms with van der Waals surface area (Å²) in [6.45, 7) is 2.83. The minimum absolute atomic E-state index is 0.00999. The molecule has 8 nitrogen and oxygen atoms in total. The topological polar surface area (TPSA) is 88.6 Å². The number of anilines is 3. The van der Waals surface area contributed by atoms with E-state index in [2.05, 4.69) is 25.5 Å². The molecule has 40 heavy (non-hydrogen) atoms. The molecular formula is C30H33ClFN5O3. The molecular weight excluding hydrogens is 533 g/mol. The van der Waals surface area contributed by atoms with Crippen molar-refractivity contribution in [1.82, 2.24) is 14.9 Å². The molecule has 2 atom stereocenters. The van der Waals surface area contributed by atoms with Gasteiger partial charge in [-0.05, 0) is 55.9 Å². The molecule has 0 spiro atoms. The summed E-state index contributed by atoms with van der Waals surface area (Å²) >= 11 is 5.97. The number of benzene rings is 2. The SMILES string of the molecule is O=C(/C=C/CN1C2CCC1COC2)Nc1cc2c(Nc3ccc(F)c(Cl)c3)ncnc2cc1OCC1CCCC1. The molecule has 1 aromatic heterocycles. The van der Waals surface area contributed by atoms with Gasteiger partial charge in [-0.2, -0.15) is 0 Å². The van der Waals surface area contributed by atoms with Gasteiger partial charge < -0.3 is 20.1 Å². The summed E-state index contributed by atoms with van der Waals surface area (Å²) in [5.41, 5.74) is 1.78. The van der Waals surface area contributed by atoms with Crippen LogP contribution in [0.1, 0.15) is 38.5 Å². The molecule has 210 valence electrons. The average Bonchev–Trinajstić information content (AvgIpc) is 3.54. The Labute approximate surface area is 237 Å². The molecule has 2 saturated heterocycles. The Morgan fingerprint density at radius 3 is 2.70 bits per heavy atom. The molecule has 1 amide bonds. The lowest BCUT2D eigenvalue weighted by molar-refractivity contribution is -0.112. The standard InChI is InChI=1S/C30H33ClFN5O3/c31-24-12-20(7-10-25(24)32)35-30-23-13-27(28(14-26(23)33-18-34-30)40-15-19-4-1-2-5-19)36-29(38)6-3-11-37-21-8-9-22(37)17-39-16-21/h3,6-7,10,12-14,18-19,21-22H,1-2,4-5,8-9,11,15-17H2,(H,36,38)(H,33,34,35)/b6-3+. The van der Waals surface area contributed by atoms with Gasteiger partial charge in [-0.15, -0.1) is 0 Å². The zero-order chi connectivity index (χ0) is 27.5. The van der Waals surface area contributed by atoms with Crippen LogP contribution in [0.3, 0.4) is 0 Å². The van der Waals surface area contributed by atoms with E-state index in [1.54, 1.807) is 12.1 Å². The molecule has 1 saturated carbocycles. The summed E-state index contributed by atoms with van der Waals surface area (Å²) in [5, 5.41) is 6.90. The third kappa shape index (κ3) is 6.06. The van der Waals surface area contributed by atoms with Crippen LogP contribution in [-0.2, 0) is 9.53 Å². The number of carbonyl (C=O) groups is 1. The lowest BCUT2D eigenvalue weighted by Gasteiger charge is -2.33. The molecule has 2 N–H and O–H groups in total. The zero-order valence-corrected chi connectivity index (χ0v) is 23.0. The monoisotopic (exact) mass is 565 g/mol. The lowest BCUT2D eigenvalue weighted by atomic mass is 10.1. The van der Waals surface area contributed by atoms with E-state index in [-0.39, 0.29) is 10.9 Å². The van der Waals surface area contributed by atoms with Crippen molar-refractivity contribution in [2.45, 2.75) is 50.6 Å². The van der Waals surface area contributed by atoms with E-state index in [4.69, 9.17) is 21.1 Å². The van der Waals surface area contributed by atoms with Crippen molar-refractivity contribution in [3.05, 3.63) is 59.7 Å². The van der Waals surface area contributed by atoms with Gasteiger partial charge in [0.2, 0.25) is 5.91 Å². The first-order valence-corrected chi connectivity index (χ1v) is 14.4. The summed E-state index contributed by atoms with van der Waals surface area (Å²) < 4.78 is 25.6. The van der Waals surface area contributed by atoms with Crippen LogP contribution >= 0.6 is 11.6 Å². The predicted molar refractivity (Wildman–Crippen MR) is 154 cm³/mol. The maximum atomic E-state index is 13.7. The van der Waals surface area contributed by atoms with E-state index >= 15 is 0 Å². The van der Waals surface area contributed by atoms with Gasteiger partial charge in [-0.3, -0.25) is 9.69 Å². The van der Waals surface area contributed by atoms with Crippen molar-refractivity contribution in [1.29, 1.82) is 0 Å². The fourth-order valence-corrected chi connectivity index (χ4v) is 6.14. The van der Waals surface area contributed by atoms with Gasteiger partial charge >= 0.3 is 0 Å². The number of nitrogens with zero attached hydrogens (tertiary/aromatic N) is 3. The fraction of sp³-hybridized carbons (Fsp3) is 0.433. The third-order valence-corrected chi connectivity index (χ3v) is 8.39. The smallest absolute Gasteiger partial charge is 0.248 e. The Hall–Kier alpha value is -3.27. The molecule has 2 aromatic carbocycles. The predicted octanol–water partition coefficient (Wildman–Crippen LogP) is 6.09. The van der Waals surface area contributed by atoms with Crippen LogP contribution in [0.2, 0.25) is 5.02 Å². The van der Waals surface area contributed by atoms with Crippen LogP contribution in [0.5, 0.6) is 5.75 Å². The van der Waals surface area contributed by atoms with Gasteiger partial charge in [0, 0.05) is 41.8 Å². The Kier molecular flexibility index (Phi) is 8.13. The number of rotatable bonds is 9. The van der Waals surface area contributed by atoms with Crippen LogP contribution < -0.4 is 15.4 Å². The molecule has 0 radical (unpaired) electrons. The largest absolute Gasteiger partial charge is 0.491 e. The highest BCUT2D eigenvalue weighted by atomic mass is 35.5. The Balaban J connectivity index is 1.23. The minimum Gasteiger partial charge on any atom is -0.491 e. The van der Waals surface area contributed by atoms with Gasteiger partial charge in [0.25, 0.3) is 0 Å². The van der Waals surface area contributed by atoms with Crippen LogP contribution in [0.25, 0.3) is 10.9 Å². The molecule has 3 aromatic rings. The van der Waals surface area contributed by atoms with E-state index in [1.807, 2.05) is 18.2 Å². The summed E-state index contributed by atoms with van der Waals surface area (Å²) in [4.78, 5) is 24.3. The van der Waals surface area contributed by atoms with Gasteiger partial charge in [-0.25, -0.2) is 14.4 Å². The molecule has 1 aliphatic carbocycles. The molecule has 2 unspecified atom stereocenters. The number of fused-ring (bicyclic) bond motifs is 3. The Morgan fingerprint density at radius 1 is 1.12 bits per heavy atom. The number of morpholine rings is 1. The summed E-state index contributed by atoms with van der Waals surface area (Å²) in [5.74, 6) is 0.852. The normalized spacial score (nSPS) is 21.4. The first-order chi connectivity index (χ1) is 19.5. The van der Waals surface area contributed by atoms with Crippen molar-refractivity contribution in [2.24, 2.45) is 5.92 Å². The van der Waals surface area contributed by atoms with E-state index < -0.39 is 5.82 Å². The minimum atomic E-state index is -0.497. The van der Waals surface area contributed by atoms with Crippen molar-refractivity contribution in [3.8, 4) is 5.75 Å². The first-order valence-electron chi connectivity index (χ1n) is 14.0. The molecule has 3 aliphatic rings. The van der Waals surface area contributed by atoms with Crippen molar-refractivity contribution in [2.75, 3.05) is 37.0 Å². The highest BCUT2D eigenvalue weighted by Gasteiger charge is 2.36. The van der Waals surface area contributed by atoms with E-state index in [0.29, 0.717) is 58.5 Å². The van der Waals surface area contributed by atoms with Crippen LogP contribution in [0, 0.1) is 11.7 Å². The van der Waals surface area contributed by atoms with Gasteiger partial charge in [-0.1, -0.05) is 30.5 Å². The molecule has 6 rings (SSSR count). The first kappa shape index (κ1) is 26.9. The number of amides is 1. The number of hydrogen-bond donors (Lipinski definition) is 2. The summed E-state index contributed by atoms with van der Waals surface area (Å²) in [6.07, 6.45) is 12.0. The fourth-order valence-electron chi connectivity index (χ4n) is 5.96. The van der Waals surface area contributed by atoms with E-state index in [1.165, 1.54) is 31.3 Å². The van der Waals surface area contributed by atoms with Gasteiger partial charge in [0.15, 0.2) is 0 Å². The molecule has 3 heterocycles. The second-order valence-electron chi connectivity index (χ2n) is 10.8. The van der Waals surface area contributed by atoms with Crippen molar-refractivity contribution >= 4 is 45.6 Å². The van der Waals surface area contributed by atoms with Gasteiger partial charge in [0.1, 0.15) is 23.7 Å². The number of nitrogens with one attached hydrogen (secondary N) is 2. The molecule has 2 bridgehead atoms. The number of hydrogen-bond acceptors (Lipinski definition) is 7. The quantitative estimate of drug-likeness (QED) is 0.303. The number of carbonyl (C=O) groups excluding carboxylic acids is 1. The Morgan fingerprint density at radius 2 is 1.93 bits per heavy atom. The van der Waals surface area contributed by atoms with Crippen LogP contribution in [-0.4, -0.2) is 59.2 Å². The summed E-state index contributed by atoms with van der Waals surface area (Å²) in [6, 6.07) is 8.90. The second kappa shape index (κ2) is 12.1. The zero-order valence-electron chi connectivity index (χ0n) is 22.2. The Bertz CT molecular complexity index is 1400. The number of halogens is 2. The second-order valence-corrected chi connectivity index (χ2v) is 11.2. The molecule has 10 heteroatoms. The average molecular weight is 566 g/mol. The van der Waals surface area contributed by atoms with Crippen molar-refractivity contribution < 1.29 is 18.7 Å². The molecule has 3 fully saturated rings. The van der Waals surface area contributed by atoms with Crippen LogP contribution in [0.4, 0.5) is 21.6 Å². The number of aromatic nitrogens is 2. The lowest BCUT2D eigenvalue weighted by Crippen LogP contribution is -2.45.